The van der Waals surface area contributed by atoms with Crippen molar-refractivity contribution >= 4 is 30.4 Å². The lowest BCUT2D eigenvalue weighted by atomic mass is 10.1. The van der Waals surface area contributed by atoms with Crippen molar-refractivity contribution in [2.45, 2.75) is 51.2 Å². The molecule has 0 spiro atoms. The number of nitrogens with zero attached hydrogens (tertiary/aromatic N) is 5. The highest BCUT2D eigenvalue weighted by Gasteiger charge is 2.46. The van der Waals surface area contributed by atoms with E-state index < -0.39 is 43.6 Å². The number of nitrogens with one attached hydrogen (secondary N) is 2. The zero-order valence-electron chi connectivity index (χ0n) is 20.6. The molecule has 0 saturated heterocycles. The van der Waals surface area contributed by atoms with E-state index in [0.29, 0.717) is 11.2 Å². The Labute approximate surface area is 215 Å². The zero-order chi connectivity index (χ0) is 28.3. The number of aromatic nitrogens is 4. The van der Waals surface area contributed by atoms with Gasteiger partial charge in [-0.05, 0) is 38.5 Å². The van der Waals surface area contributed by atoms with Crippen molar-refractivity contribution in [2.75, 3.05) is 12.1 Å². The minimum atomic E-state index is -4.92. The van der Waals surface area contributed by atoms with Gasteiger partial charge in [0, 0.05) is 0 Å². The summed E-state index contributed by atoms with van der Waals surface area (Å²) in [5.74, 6) is -1.27. The molecule has 5 N–H and O–H groups in total. The van der Waals surface area contributed by atoms with Gasteiger partial charge in [0.05, 0.1) is 30.6 Å². The molecule has 1 aromatic carbocycles. The number of nitriles is 1. The van der Waals surface area contributed by atoms with Crippen LogP contribution in [-0.4, -0.2) is 54.8 Å². The number of nitrogens with two attached hydrogens (primary N) is 1. The molecular weight excluding hydrogens is 528 g/mol. The fourth-order valence-electron chi connectivity index (χ4n) is 3.49. The third kappa shape index (κ3) is 6.84. The predicted octanol–water partition coefficient (Wildman–Crippen LogP) is 3.18. The number of benzene rings is 1. The summed E-state index contributed by atoms with van der Waals surface area (Å²) in [6.07, 6.45) is -3.73. The minimum absolute atomic E-state index is 0.119. The Balaban J connectivity index is 1.86. The number of fused-ring (bicyclic) bond motifs is 1. The van der Waals surface area contributed by atoms with Gasteiger partial charge >= 0.3 is 12.1 Å². The number of carboxylic acids is 1. The van der Waals surface area contributed by atoms with Gasteiger partial charge in [0.1, 0.15) is 29.8 Å². The summed E-state index contributed by atoms with van der Waals surface area (Å²) in [6, 6.07) is 3.91. The van der Waals surface area contributed by atoms with E-state index in [1.807, 2.05) is 6.07 Å². The number of halogens is 3. The average Bonchev–Trinajstić information content (AvgIpc) is 3.24. The smallest absolute Gasteiger partial charge is 0.408 e. The first-order valence-electron chi connectivity index (χ1n) is 11.1. The molecule has 16 heteroatoms. The lowest BCUT2D eigenvalue weighted by molar-refractivity contribution is -0.153. The van der Waals surface area contributed by atoms with Crippen LogP contribution in [0.15, 0.2) is 36.9 Å². The quantitative estimate of drug-likeness (QED) is 0.256. The fraction of sp³-hybridized carbons (Fsp3) is 0.409. The number of carbonyl (C=O) groups is 1. The number of nitrogen functional groups attached to an aromatic ring is 1. The third-order valence-corrected chi connectivity index (χ3v) is 7.57. The fourth-order valence-corrected chi connectivity index (χ4v) is 5.87. The maximum Gasteiger partial charge on any atom is 0.408 e. The van der Waals surface area contributed by atoms with Crippen molar-refractivity contribution < 1.29 is 32.4 Å². The van der Waals surface area contributed by atoms with Crippen molar-refractivity contribution in [1.29, 1.82) is 5.26 Å². The van der Waals surface area contributed by atoms with Gasteiger partial charge in [0.15, 0.2) is 11.5 Å². The molecule has 0 aliphatic rings. The molecule has 2 heterocycles. The van der Waals surface area contributed by atoms with Crippen molar-refractivity contribution in [1.82, 2.24) is 29.7 Å². The van der Waals surface area contributed by atoms with Crippen molar-refractivity contribution in [3.05, 3.63) is 48.0 Å². The second kappa shape index (κ2) is 11.0. The van der Waals surface area contributed by atoms with Crippen LogP contribution in [0, 0.1) is 11.3 Å². The van der Waals surface area contributed by atoms with Gasteiger partial charge < -0.3 is 20.1 Å². The summed E-state index contributed by atoms with van der Waals surface area (Å²) in [5, 5.41) is 22.9. The van der Waals surface area contributed by atoms with Crippen LogP contribution in [-0.2, 0) is 20.6 Å². The number of ether oxygens (including phenoxy) is 1. The first-order chi connectivity index (χ1) is 17.6. The van der Waals surface area contributed by atoms with Crippen molar-refractivity contribution in [3.63, 3.8) is 0 Å². The first-order valence-corrected chi connectivity index (χ1v) is 13.0. The number of imidazole rings is 1. The highest BCUT2D eigenvalue weighted by Crippen LogP contribution is 2.46. The average molecular weight is 554 g/mol. The molecule has 0 radical (unpaired) electrons. The molecule has 3 atom stereocenters. The van der Waals surface area contributed by atoms with Crippen LogP contribution in [0.4, 0.5) is 19.0 Å². The van der Waals surface area contributed by atoms with Crippen LogP contribution in [0.3, 0.4) is 0 Å². The summed E-state index contributed by atoms with van der Waals surface area (Å²) in [6.45, 7) is 4.04. The lowest BCUT2D eigenvalue weighted by Crippen LogP contribution is -2.49. The Morgan fingerprint density at radius 3 is 2.50 bits per heavy atom. The van der Waals surface area contributed by atoms with Gasteiger partial charge in [-0.1, -0.05) is 12.1 Å². The monoisotopic (exact) mass is 554 g/mol. The summed E-state index contributed by atoms with van der Waals surface area (Å²) in [5.41, 5.74) is 4.48. The standard InChI is InChI=1S/C22H26F3N8O4P/c1-13(9-33-11-30-16-18(27)28-10-29-19(16)33)37-12-38(36,32-21(2,3)20(34)35)31-17(22(23,24)25)15-6-4-14(8-26)5-7-15/h4-7,10-11,13,17H,9,12H2,1-3H3,(H,34,35)(H2,27,28,29)(H2,31,32,36)/t13-,17-,38?/m0/s1. The van der Waals surface area contributed by atoms with Gasteiger partial charge in [-0.25, -0.2) is 25.1 Å². The van der Waals surface area contributed by atoms with Gasteiger partial charge in [-0.2, -0.15) is 18.4 Å². The highest BCUT2D eigenvalue weighted by molar-refractivity contribution is 7.59. The maximum absolute atomic E-state index is 14.1. The van der Waals surface area contributed by atoms with E-state index >= 15 is 0 Å². The van der Waals surface area contributed by atoms with Crippen LogP contribution in [0.5, 0.6) is 0 Å². The molecule has 3 aromatic rings. The van der Waals surface area contributed by atoms with Crippen LogP contribution in [0.2, 0.25) is 0 Å². The van der Waals surface area contributed by atoms with E-state index in [-0.39, 0.29) is 23.5 Å². The van der Waals surface area contributed by atoms with Crippen LogP contribution >= 0.6 is 7.44 Å². The van der Waals surface area contributed by atoms with E-state index in [1.54, 1.807) is 11.5 Å². The molecule has 12 nitrogen and oxygen atoms in total. The number of alkyl halides is 3. The minimum Gasteiger partial charge on any atom is -0.480 e. The number of anilines is 1. The Hall–Kier alpha value is -3.57. The second-order valence-corrected chi connectivity index (χ2v) is 11.3. The third-order valence-electron chi connectivity index (χ3n) is 5.46. The summed E-state index contributed by atoms with van der Waals surface area (Å²) >= 11 is 0. The Bertz CT molecular complexity index is 1390. The number of hydrogen-bond donors (Lipinski definition) is 4. The van der Waals surface area contributed by atoms with Gasteiger partial charge in [-0.15, -0.1) is 0 Å². The lowest BCUT2D eigenvalue weighted by Gasteiger charge is -2.33. The molecule has 0 amide bonds. The molecule has 38 heavy (non-hydrogen) atoms. The Morgan fingerprint density at radius 2 is 1.92 bits per heavy atom. The van der Waals surface area contributed by atoms with E-state index in [0.717, 1.165) is 12.1 Å². The molecule has 0 aliphatic heterocycles. The molecule has 0 aliphatic carbocycles. The van der Waals surface area contributed by atoms with Crippen LogP contribution in [0.1, 0.15) is 37.9 Å². The largest absolute Gasteiger partial charge is 0.480 e. The normalized spacial score (nSPS) is 15.5. The molecule has 2 aromatic heterocycles. The van der Waals surface area contributed by atoms with E-state index in [1.165, 1.54) is 38.6 Å². The number of hydrogen-bond acceptors (Lipinski definition) is 8. The van der Waals surface area contributed by atoms with Crippen molar-refractivity contribution in [2.24, 2.45) is 0 Å². The van der Waals surface area contributed by atoms with Gasteiger partial charge in [0.2, 0.25) is 7.44 Å². The molecule has 3 rings (SSSR count). The summed E-state index contributed by atoms with van der Waals surface area (Å²) in [7, 11) is -4.39. The predicted molar refractivity (Wildman–Crippen MR) is 131 cm³/mol. The molecule has 1 unspecified atom stereocenters. The summed E-state index contributed by atoms with van der Waals surface area (Å²) in [4.78, 5) is 23.8. The maximum atomic E-state index is 14.1. The SMILES string of the molecule is C[C@@H](Cn1cnc2c(N)ncnc21)OCP(=O)(N[C@@H](c1ccc(C#N)cc1)C(F)(F)F)NC(C)(C)C(=O)O. The highest BCUT2D eigenvalue weighted by atomic mass is 31.2. The molecule has 0 saturated carbocycles. The second-order valence-electron chi connectivity index (χ2n) is 9.05. The zero-order valence-corrected chi connectivity index (χ0v) is 21.5. The Kier molecular flexibility index (Phi) is 8.42. The Morgan fingerprint density at radius 1 is 1.26 bits per heavy atom. The number of rotatable bonds is 11. The molecule has 0 bridgehead atoms. The van der Waals surface area contributed by atoms with Gasteiger partial charge in [0.25, 0.3) is 0 Å². The molecule has 204 valence electrons. The van der Waals surface area contributed by atoms with Crippen molar-refractivity contribution in [3.8, 4) is 6.07 Å². The van der Waals surface area contributed by atoms with Crippen LogP contribution < -0.4 is 15.9 Å². The molecule has 0 fully saturated rings. The topological polar surface area (TPSA) is 181 Å². The molecular formula is C22H26F3N8O4P. The first kappa shape index (κ1) is 29.0. The summed E-state index contributed by atoms with van der Waals surface area (Å²) < 4.78 is 63.3. The van der Waals surface area contributed by atoms with E-state index in [9.17, 15) is 27.6 Å². The van der Waals surface area contributed by atoms with Gasteiger partial charge in [-0.3, -0.25) is 9.36 Å². The number of carboxylic acid groups (broad SMARTS) is 1. The van der Waals surface area contributed by atoms with E-state index in [4.69, 9.17) is 15.7 Å². The number of aliphatic carboxylic acids is 1. The van der Waals surface area contributed by atoms with Crippen LogP contribution in [0.25, 0.3) is 11.2 Å². The van der Waals surface area contributed by atoms with E-state index in [2.05, 4.69) is 25.1 Å².